The minimum absolute atomic E-state index is 0.171. The van der Waals surface area contributed by atoms with Crippen molar-refractivity contribution < 1.29 is 14.4 Å². The minimum atomic E-state index is -0.904. The zero-order valence-corrected chi connectivity index (χ0v) is 16.0. The average molecular weight is 398 g/mol. The number of likely N-dealkylation sites (tertiary alicyclic amines) is 1. The molecule has 1 aliphatic heterocycles. The van der Waals surface area contributed by atoms with Crippen molar-refractivity contribution in [2.75, 3.05) is 13.1 Å². The summed E-state index contributed by atoms with van der Waals surface area (Å²) in [7, 11) is 0. The third-order valence-corrected chi connectivity index (χ3v) is 5.23. The standard InChI is InChI=1S/C21H20ClN3O3/c22-18-8-6-15(7-9-18)19-23-20(28-24-19)17-5-2-10-25(13-17)12-14-3-1-4-16(11-14)21(26)27/h1,3-4,6-9,11,17H,2,5,10,12-13H2,(H,26,27). The number of rotatable bonds is 5. The first-order valence-corrected chi connectivity index (χ1v) is 9.60. The Balaban J connectivity index is 1.45. The second kappa shape index (κ2) is 8.12. The summed E-state index contributed by atoms with van der Waals surface area (Å²) in [6, 6.07) is 14.5. The first kappa shape index (κ1) is 18.7. The maximum absolute atomic E-state index is 11.2. The molecule has 1 aromatic heterocycles. The van der Waals surface area contributed by atoms with Crippen LogP contribution < -0.4 is 0 Å². The topological polar surface area (TPSA) is 79.5 Å². The lowest BCUT2D eigenvalue weighted by Crippen LogP contribution is -2.34. The number of piperidine rings is 1. The van der Waals surface area contributed by atoms with Gasteiger partial charge in [0.2, 0.25) is 11.7 Å². The molecule has 0 spiro atoms. The number of carbonyl (C=O) groups is 1. The molecule has 1 saturated heterocycles. The van der Waals surface area contributed by atoms with E-state index in [4.69, 9.17) is 21.2 Å². The van der Waals surface area contributed by atoms with Gasteiger partial charge in [-0.15, -0.1) is 0 Å². The van der Waals surface area contributed by atoms with Gasteiger partial charge in [0, 0.05) is 23.7 Å². The zero-order valence-electron chi connectivity index (χ0n) is 15.2. The molecule has 2 heterocycles. The Kier molecular flexibility index (Phi) is 5.41. The second-order valence-corrected chi connectivity index (χ2v) is 7.48. The van der Waals surface area contributed by atoms with Crippen molar-refractivity contribution in [3.63, 3.8) is 0 Å². The quantitative estimate of drug-likeness (QED) is 0.684. The molecule has 3 aromatic rings. The predicted molar refractivity (Wildman–Crippen MR) is 105 cm³/mol. The molecule has 0 amide bonds. The first-order valence-electron chi connectivity index (χ1n) is 9.22. The fraction of sp³-hybridized carbons (Fsp3) is 0.286. The molecule has 1 N–H and O–H groups in total. The zero-order chi connectivity index (χ0) is 19.5. The monoisotopic (exact) mass is 397 g/mol. The van der Waals surface area contributed by atoms with E-state index in [9.17, 15) is 4.79 Å². The summed E-state index contributed by atoms with van der Waals surface area (Å²) >= 11 is 5.93. The molecule has 0 saturated carbocycles. The molecule has 1 atom stereocenters. The summed E-state index contributed by atoms with van der Waals surface area (Å²) in [6.45, 7) is 2.47. The van der Waals surface area contributed by atoms with Gasteiger partial charge in [-0.2, -0.15) is 4.98 Å². The number of benzene rings is 2. The predicted octanol–water partition coefficient (Wildman–Crippen LogP) is 4.47. The Morgan fingerprint density at radius 1 is 1.25 bits per heavy atom. The summed E-state index contributed by atoms with van der Waals surface area (Å²) in [5.74, 6) is 0.482. The Bertz CT molecular complexity index is 971. The van der Waals surface area contributed by atoms with Crippen LogP contribution in [0.15, 0.2) is 53.1 Å². The highest BCUT2D eigenvalue weighted by Crippen LogP contribution is 2.28. The van der Waals surface area contributed by atoms with Gasteiger partial charge in [0.1, 0.15) is 0 Å². The van der Waals surface area contributed by atoms with Crippen molar-refractivity contribution in [1.29, 1.82) is 0 Å². The molecule has 1 fully saturated rings. The molecule has 0 bridgehead atoms. The molecule has 7 heteroatoms. The van der Waals surface area contributed by atoms with Gasteiger partial charge in [0.25, 0.3) is 0 Å². The smallest absolute Gasteiger partial charge is 0.335 e. The van der Waals surface area contributed by atoms with Crippen molar-refractivity contribution in [2.24, 2.45) is 0 Å². The van der Waals surface area contributed by atoms with Crippen LogP contribution in [0.5, 0.6) is 0 Å². The summed E-state index contributed by atoms with van der Waals surface area (Å²) < 4.78 is 5.54. The van der Waals surface area contributed by atoms with Gasteiger partial charge in [-0.1, -0.05) is 28.9 Å². The van der Waals surface area contributed by atoms with Crippen LogP contribution in [0.3, 0.4) is 0 Å². The Morgan fingerprint density at radius 2 is 2.07 bits per heavy atom. The molecule has 28 heavy (non-hydrogen) atoms. The van der Waals surface area contributed by atoms with Crippen molar-refractivity contribution in [3.05, 3.63) is 70.6 Å². The van der Waals surface area contributed by atoms with Crippen LogP contribution in [-0.4, -0.2) is 39.2 Å². The highest BCUT2D eigenvalue weighted by atomic mass is 35.5. The minimum Gasteiger partial charge on any atom is -0.478 e. The Morgan fingerprint density at radius 3 is 2.86 bits per heavy atom. The summed E-state index contributed by atoms with van der Waals surface area (Å²) in [6.07, 6.45) is 2.02. The summed E-state index contributed by atoms with van der Waals surface area (Å²) in [5.41, 5.74) is 2.18. The van der Waals surface area contributed by atoms with Gasteiger partial charge >= 0.3 is 5.97 Å². The van der Waals surface area contributed by atoms with Crippen molar-refractivity contribution in [1.82, 2.24) is 15.0 Å². The molecule has 1 aliphatic rings. The number of hydrogen-bond acceptors (Lipinski definition) is 5. The largest absolute Gasteiger partial charge is 0.478 e. The SMILES string of the molecule is O=C(O)c1cccc(CN2CCCC(c3nc(-c4ccc(Cl)cc4)no3)C2)c1. The van der Waals surface area contributed by atoms with Gasteiger partial charge in [0.05, 0.1) is 11.5 Å². The number of aromatic nitrogens is 2. The van der Waals surface area contributed by atoms with E-state index >= 15 is 0 Å². The fourth-order valence-corrected chi connectivity index (χ4v) is 3.70. The van der Waals surface area contributed by atoms with E-state index in [2.05, 4.69) is 15.0 Å². The summed E-state index contributed by atoms with van der Waals surface area (Å²) in [4.78, 5) is 18.1. The van der Waals surface area contributed by atoms with Crippen molar-refractivity contribution in [2.45, 2.75) is 25.3 Å². The summed E-state index contributed by atoms with van der Waals surface area (Å²) in [5, 5.41) is 14.0. The molecular weight excluding hydrogens is 378 g/mol. The Hall–Kier alpha value is -2.70. The van der Waals surface area contributed by atoms with Crippen LogP contribution in [0.4, 0.5) is 0 Å². The van der Waals surface area contributed by atoms with Crippen LogP contribution >= 0.6 is 11.6 Å². The lowest BCUT2D eigenvalue weighted by molar-refractivity contribution is 0.0696. The van der Waals surface area contributed by atoms with Gasteiger partial charge in [0.15, 0.2) is 0 Å². The maximum atomic E-state index is 11.2. The molecule has 1 unspecified atom stereocenters. The van der Waals surface area contributed by atoms with Crippen molar-refractivity contribution in [3.8, 4) is 11.4 Å². The highest BCUT2D eigenvalue weighted by Gasteiger charge is 2.26. The van der Waals surface area contributed by atoms with Gasteiger partial charge < -0.3 is 9.63 Å². The Labute approximate surface area is 167 Å². The van der Waals surface area contributed by atoms with E-state index in [1.54, 1.807) is 30.3 Å². The van der Waals surface area contributed by atoms with E-state index in [1.165, 1.54) is 0 Å². The number of nitrogens with zero attached hydrogens (tertiary/aromatic N) is 3. The number of carboxylic acid groups (broad SMARTS) is 1. The number of halogens is 1. The van der Waals surface area contributed by atoms with Crippen molar-refractivity contribution >= 4 is 17.6 Å². The normalized spacial score (nSPS) is 17.5. The number of carboxylic acids is 1. The van der Waals surface area contributed by atoms with Crippen LogP contribution in [0.25, 0.3) is 11.4 Å². The number of aromatic carboxylic acids is 1. The van der Waals surface area contributed by atoms with E-state index in [-0.39, 0.29) is 5.92 Å². The molecular formula is C21H20ClN3O3. The third kappa shape index (κ3) is 4.24. The molecule has 6 nitrogen and oxygen atoms in total. The van der Waals surface area contributed by atoms with E-state index in [0.717, 1.165) is 37.1 Å². The second-order valence-electron chi connectivity index (χ2n) is 7.04. The molecule has 0 radical (unpaired) electrons. The molecule has 2 aromatic carbocycles. The van der Waals surface area contributed by atoms with Crippen LogP contribution in [-0.2, 0) is 6.54 Å². The van der Waals surface area contributed by atoms with Crippen LogP contribution in [0.2, 0.25) is 5.02 Å². The first-order chi connectivity index (χ1) is 13.6. The van der Waals surface area contributed by atoms with E-state index < -0.39 is 5.97 Å². The van der Waals surface area contributed by atoms with Gasteiger partial charge in [-0.05, 0) is 61.3 Å². The highest BCUT2D eigenvalue weighted by molar-refractivity contribution is 6.30. The third-order valence-electron chi connectivity index (χ3n) is 4.98. The maximum Gasteiger partial charge on any atom is 0.335 e. The van der Waals surface area contributed by atoms with E-state index in [1.807, 2.05) is 18.2 Å². The fourth-order valence-electron chi connectivity index (χ4n) is 3.58. The lowest BCUT2D eigenvalue weighted by Gasteiger charge is -2.31. The van der Waals surface area contributed by atoms with Crippen LogP contribution in [0.1, 0.15) is 40.6 Å². The average Bonchev–Trinajstić information content (AvgIpc) is 3.19. The van der Waals surface area contributed by atoms with Gasteiger partial charge in [-0.25, -0.2) is 4.79 Å². The van der Waals surface area contributed by atoms with Gasteiger partial charge in [-0.3, -0.25) is 4.90 Å². The number of hydrogen-bond donors (Lipinski definition) is 1. The molecule has 0 aliphatic carbocycles. The van der Waals surface area contributed by atoms with E-state index in [0.29, 0.717) is 28.8 Å². The molecule has 4 rings (SSSR count). The lowest BCUT2D eigenvalue weighted by atomic mass is 9.97. The van der Waals surface area contributed by atoms with Crippen LogP contribution in [0, 0.1) is 0 Å². The molecule has 144 valence electrons.